The molecule has 1 aromatic heterocycles. The second-order valence-electron chi connectivity index (χ2n) is 7.76. The minimum absolute atomic E-state index is 0.164. The molecule has 0 atom stereocenters. The Morgan fingerprint density at radius 3 is 1.97 bits per heavy atom. The van der Waals surface area contributed by atoms with Crippen molar-refractivity contribution >= 4 is 17.9 Å². The number of nitrogens with one attached hydrogen (secondary N) is 1. The Morgan fingerprint density at radius 2 is 1.41 bits per heavy atom. The first-order valence-corrected chi connectivity index (χ1v) is 10.4. The molecular weight excluding hydrogens is 403 g/mol. The number of nitrogens with zero attached hydrogens (tertiary/aromatic N) is 1. The van der Waals surface area contributed by atoms with Gasteiger partial charge in [-0.25, -0.2) is 4.39 Å². The minimum atomic E-state index is -0.368. The lowest BCUT2D eigenvalue weighted by atomic mass is 9.94. The molecule has 0 radical (unpaired) electrons. The number of hydrogen-bond acceptors (Lipinski definition) is 2. The molecule has 0 aliphatic carbocycles. The summed E-state index contributed by atoms with van der Waals surface area (Å²) in [5, 5.41) is 2.95. The largest absolute Gasteiger partial charge is 0.331 e. The van der Waals surface area contributed by atoms with Crippen LogP contribution in [0.2, 0.25) is 0 Å². The second-order valence-corrected chi connectivity index (χ2v) is 7.76. The lowest BCUT2D eigenvalue weighted by molar-refractivity contribution is 0.101. The Morgan fingerprint density at radius 1 is 0.844 bits per heavy atom. The monoisotopic (exact) mass is 426 g/mol. The van der Waals surface area contributed by atoms with Crippen molar-refractivity contribution in [3.05, 3.63) is 102 Å². The van der Waals surface area contributed by atoms with Gasteiger partial charge in [-0.2, -0.15) is 0 Å². The van der Waals surface area contributed by atoms with Crippen LogP contribution in [0.3, 0.4) is 0 Å². The van der Waals surface area contributed by atoms with E-state index in [0.717, 1.165) is 11.8 Å². The van der Waals surface area contributed by atoms with E-state index in [2.05, 4.69) is 5.32 Å². The average molecular weight is 426 g/mol. The zero-order valence-electron chi connectivity index (χ0n) is 17.9. The molecule has 3 aromatic carbocycles. The van der Waals surface area contributed by atoms with Crippen molar-refractivity contribution in [1.82, 2.24) is 4.57 Å². The van der Waals surface area contributed by atoms with Crippen molar-refractivity contribution in [2.45, 2.75) is 19.9 Å². The highest BCUT2D eigenvalue weighted by Gasteiger charge is 2.30. The molecule has 5 heteroatoms. The Kier molecular flexibility index (Phi) is 5.99. The summed E-state index contributed by atoms with van der Waals surface area (Å²) in [5.74, 6) is -0.687. The predicted molar refractivity (Wildman–Crippen MR) is 125 cm³/mol. The molecular formula is C27H23FN2O2. The van der Waals surface area contributed by atoms with Crippen LogP contribution in [0, 0.1) is 5.82 Å². The van der Waals surface area contributed by atoms with E-state index in [-0.39, 0.29) is 17.8 Å². The summed E-state index contributed by atoms with van der Waals surface area (Å²) in [6.45, 7) is 3.85. The van der Waals surface area contributed by atoms with E-state index in [0.29, 0.717) is 33.8 Å². The number of amides is 1. The zero-order valence-corrected chi connectivity index (χ0v) is 17.9. The van der Waals surface area contributed by atoms with Gasteiger partial charge in [0, 0.05) is 22.9 Å². The van der Waals surface area contributed by atoms with Gasteiger partial charge in [0.05, 0.1) is 5.69 Å². The van der Waals surface area contributed by atoms with Gasteiger partial charge in [0.1, 0.15) is 11.5 Å². The summed E-state index contributed by atoms with van der Waals surface area (Å²) in [6, 6.07) is 24.5. The lowest BCUT2D eigenvalue weighted by Gasteiger charge is -2.16. The highest BCUT2D eigenvalue weighted by atomic mass is 19.1. The normalized spacial score (nSPS) is 10.9. The maximum atomic E-state index is 13.7. The molecule has 0 saturated carbocycles. The summed E-state index contributed by atoms with van der Waals surface area (Å²) >= 11 is 0. The third kappa shape index (κ3) is 3.97. The van der Waals surface area contributed by atoms with Crippen molar-refractivity contribution in [2.75, 3.05) is 5.32 Å². The molecule has 160 valence electrons. The Balaban J connectivity index is 2.04. The van der Waals surface area contributed by atoms with Crippen LogP contribution in [0.4, 0.5) is 10.1 Å². The molecule has 0 unspecified atom stereocenters. The number of halogens is 1. The number of carbonyl (C=O) groups is 2. The molecule has 0 aliphatic heterocycles. The van der Waals surface area contributed by atoms with Crippen LogP contribution in [0.1, 0.15) is 40.9 Å². The summed E-state index contributed by atoms with van der Waals surface area (Å²) in [7, 11) is 0. The fourth-order valence-corrected chi connectivity index (χ4v) is 3.99. The molecule has 4 aromatic rings. The lowest BCUT2D eigenvalue weighted by Crippen LogP contribution is -2.20. The van der Waals surface area contributed by atoms with Crippen molar-refractivity contribution in [3.63, 3.8) is 0 Å². The van der Waals surface area contributed by atoms with E-state index in [1.165, 1.54) is 12.1 Å². The Hall–Kier alpha value is -3.99. The summed E-state index contributed by atoms with van der Waals surface area (Å²) in [4.78, 5) is 25.9. The van der Waals surface area contributed by atoms with Crippen LogP contribution in [-0.2, 0) is 0 Å². The van der Waals surface area contributed by atoms with Crippen molar-refractivity contribution in [1.29, 1.82) is 0 Å². The summed E-state index contributed by atoms with van der Waals surface area (Å²) in [6.07, 6.45) is 0.768. The van der Waals surface area contributed by atoms with E-state index >= 15 is 0 Å². The van der Waals surface area contributed by atoms with Gasteiger partial charge < -0.3 is 9.88 Å². The number of hydrogen-bond donors (Lipinski definition) is 1. The molecule has 1 N–H and O–H groups in total. The van der Waals surface area contributed by atoms with Crippen molar-refractivity contribution < 1.29 is 14.0 Å². The molecule has 4 rings (SSSR count). The van der Waals surface area contributed by atoms with Gasteiger partial charge in [0.2, 0.25) is 0 Å². The number of rotatable bonds is 6. The van der Waals surface area contributed by atoms with Crippen molar-refractivity contribution in [2.24, 2.45) is 0 Å². The van der Waals surface area contributed by atoms with Crippen LogP contribution in [0.5, 0.6) is 0 Å². The number of benzene rings is 3. The molecule has 0 saturated heterocycles. The second kappa shape index (κ2) is 9.02. The SMILES string of the molecule is CC(C)n1c(C=O)c(-c2ccc(F)cc2)c(-c2ccccc2)c1C(=O)Nc1ccccc1. The van der Waals surface area contributed by atoms with E-state index in [9.17, 15) is 14.0 Å². The first-order valence-electron chi connectivity index (χ1n) is 10.4. The van der Waals surface area contributed by atoms with Gasteiger partial charge in [-0.1, -0.05) is 60.7 Å². The molecule has 0 spiro atoms. The molecule has 0 fully saturated rings. The Bertz CT molecular complexity index is 1240. The highest BCUT2D eigenvalue weighted by Crippen LogP contribution is 2.41. The smallest absolute Gasteiger partial charge is 0.272 e. The summed E-state index contributed by atoms with van der Waals surface area (Å²) in [5.41, 5.74) is 4.14. The fraction of sp³-hybridized carbons (Fsp3) is 0.111. The van der Waals surface area contributed by atoms with Gasteiger partial charge in [-0.15, -0.1) is 0 Å². The van der Waals surface area contributed by atoms with E-state index in [1.54, 1.807) is 16.7 Å². The third-order valence-corrected chi connectivity index (χ3v) is 5.31. The van der Waals surface area contributed by atoms with Gasteiger partial charge in [-0.3, -0.25) is 9.59 Å². The van der Waals surface area contributed by atoms with E-state index in [1.807, 2.05) is 74.5 Å². The summed E-state index contributed by atoms with van der Waals surface area (Å²) < 4.78 is 15.4. The van der Waals surface area contributed by atoms with Crippen LogP contribution >= 0.6 is 0 Å². The molecule has 0 aliphatic rings. The third-order valence-electron chi connectivity index (χ3n) is 5.31. The zero-order chi connectivity index (χ0) is 22.7. The number of aromatic nitrogens is 1. The fourth-order valence-electron chi connectivity index (χ4n) is 3.99. The Labute approximate surface area is 186 Å². The van der Waals surface area contributed by atoms with Crippen molar-refractivity contribution in [3.8, 4) is 22.3 Å². The quantitative estimate of drug-likeness (QED) is 0.353. The average Bonchev–Trinajstić information content (AvgIpc) is 3.16. The first-order chi connectivity index (χ1) is 15.5. The van der Waals surface area contributed by atoms with Crippen LogP contribution in [0.25, 0.3) is 22.3 Å². The first kappa shape index (κ1) is 21.2. The van der Waals surface area contributed by atoms with Crippen LogP contribution in [-0.4, -0.2) is 16.8 Å². The van der Waals surface area contributed by atoms with Gasteiger partial charge in [-0.05, 0) is 49.2 Å². The number of para-hydroxylation sites is 1. The topological polar surface area (TPSA) is 51.1 Å². The molecule has 0 bridgehead atoms. The van der Waals surface area contributed by atoms with Crippen LogP contribution < -0.4 is 5.32 Å². The molecule has 1 heterocycles. The van der Waals surface area contributed by atoms with Gasteiger partial charge >= 0.3 is 0 Å². The number of anilines is 1. The minimum Gasteiger partial charge on any atom is -0.331 e. The molecule has 32 heavy (non-hydrogen) atoms. The molecule has 1 amide bonds. The maximum Gasteiger partial charge on any atom is 0.272 e. The maximum absolute atomic E-state index is 13.7. The standard InChI is InChI=1S/C27H23FN2O2/c1-18(2)30-23(17-31)24(20-13-15-21(28)16-14-20)25(19-9-5-3-6-10-19)26(30)27(32)29-22-11-7-4-8-12-22/h3-18H,1-2H3,(H,29,32). The van der Waals surface area contributed by atoms with Crippen LogP contribution in [0.15, 0.2) is 84.9 Å². The number of carbonyl (C=O) groups excluding carboxylic acids is 2. The van der Waals surface area contributed by atoms with Gasteiger partial charge in [0.25, 0.3) is 5.91 Å². The highest BCUT2D eigenvalue weighted by molar-refractivity contribution is 6.13. The number of aldehydes is 1. The predicted octanol–water partition coefficient (Wildman–Crippen LogP) is 6.61. The van der Waals surface area contributed by atoms with E-state index in [4.69, 9.17) is 0 Å². The van der Waals surface area contributed by atoms with Gasteiger partial charge in [0.15, 0.2) is 6.29 Å². The molecule has 4 nitrogen and oxygen atoms in total. The van der Waals surface area contributed by atoms with E-state index < -0.39 is 0 Å².